The molecule has 0 aromatic heterocycles. The van der Waals surface area contributed by atoms with E-state index >= 15 is 0 Å². The van der Waals surface area contributed by atoms with E-state index in [1.165, 1.54) is 11.4 Å². The van der Waals surface area contributed by atoms with Crippen LogP contribution in [0.15, 0.2) is 36.4 Å². The molecule has 0 spiro atoms. The van der Waals surface area contributed by atoms with Crippen LogP contribution in [0.3, 0.4) is 0 Å². The molecular formula is C18H23O3PS. The van der Waals surface area contributed by atoms with Crippen molar-refractivity contribution in [1.29, 1.82) is 0 Å². The topological polar surface area (TPSA) is 35.5 Å². The van der Waals surface area contributed by atoms with E-state index in [1.807, 2.05) is 71.0 Å². The quantitative estimate of drug-likeness (QED) is 0.578. The van der Waals surface area contributed by atoms with E-state index < -0.39 is 6.80 Å². The van der Waals surface area contributed by atoms with Crippen LogP contribution in [0.4, 0.5) is 0 Å². The second kappa shape index (κ2) is 7.46. The van der Waals surface area contributed by atoms with Crippen molar-refractivity contribution in [1.82, 2.24) is 0 Å². The van der Waals surface area contributed by atoms with Crippen molar-refractivity contribution in [2.75, 3.05) is 5.75 Å². The molecule has 0 amide bonds. The third-order valence-electron chi connectivity index (χ3n) is 3.51. The first-order chi connectivity index (χ1) is 10.9. The monoisotopic (exact) mass is 350 g/mol. The fourth-order valence-electron chi connectivity index (χ4n) is 2.34. The first-order valence-electron chi connectivity index (χ1n) is 7.62. The molecule has 124 valence electrons. The maximum absolute atomic E-state index is 13.3. The molecule has 0 aliphatic rings. The predicted molar refractivity (Wildman–Crippen MR) is 98.8 cm³/mol. The zero-order chi connectivity index (χ0) is 17.0. The standard InChI is InChI=1S/C18H23O3PS/c1-6-23-22(19,20-17-13(2)9-7-10-14(17)3)21-18-15(4)11-8-12-16(18)5/h7-12H,6H2,1-5H3. The Balaban J connectivity index is 2.38. The summed E-state index contributed by atoms with van der Waals surface area (Å²) in [6.45, 7) is 6.38. The number of para-hydroxylation sites is 2. The number of hydrogen-bond acceptors (Lipinski definition) is 4. The van der Waals surface area contributed by atoms with Gasteiger partial charge in [0.25, 0.3) is 0 Å². The Labute approximate surface area is 142 Å². The molecule has 0 N–H and O–H groups in total. The number of rotatable bonds is 6. The predicted octanol–water partition coefficient (Wildman–Crippen LogP) is 6.24. The second-order valence-electron chi connectivity index (χ2n) is 5.49. The normalized spacial score (nSPS) is 11.3. The third kappa shape index (κ3) is 4.33. The summed E-state index contributed by atoms with van der Waals surface area (Å²) in [6.07, 6.45) is 0. The van der Waals surface area contributed by atoms with Crippen molar-refractivity contribution in [2.45, 2.75) is 34.6 Å². The van der Waals surface area contributed by atoms with Crippen LogP contribution in [0.25, 0.3) is 0 Å². The molecule has 0 fully saturated rings. The minimum absolute atomic E-state index is 0.642. The third-order valence-corrected chi connectivity index (χ3v) is 7.07. The molecule has 0 heterocycles. The van der Waals surface area contributed by atoms with Gasteiger partial charge in [-0.2, -0.15) is 0 Å². The Morgan fingerprint density at radius 3 is 1.48 bits per heavy atom. The van der Waals surface area contributed by atoms with Crippen LogP contribution in [0.1, 0.15) is 29.2 Å². The molecule has 5 heteroatoms. The summed E-state index contributed by atoms with van der Waals surface area (Å²) in [5, 5.41) is 0. The Kier molecular flexibility index (Phi) is 5.83. The summed E-state index contributed by atoms with van der Waals surface area (Å²) in [5.74, 6) is 1.93. The van der Waals surface area contributed by atoms with Gasteiger partial charge in [-0.05, 0) is 61.3 Å². The largest absolute Gasteiger partial charge is 0.492 e. The fraction of sp³-hybridized carbons (Fsp3) is 0.333. The van der Waals surface area contributed by atoms with E-state index in [2.05, 4.69) is 0 Å². The molecule has 0 aliphatic carbocycles. The Morgan fingerprint density at radius 2 is 1.17 bits per heavy atom. The van der Waals surface area contributed by atoms with Crippen LogP contribution < -0.4 is 9.05 Å². The van der Waals surface area contributed by atoms with Crippen LogP contribution in [0.2, 0.25) is 0 Å². The summed E-state index contributed by atoms with van der Waals surface area (Å²) in [6, 6.07) is 11.7. The van der Waals surface area contributed by atoms with Crippen molar-refractivity contribution in [3.8, 4) is 11.5 Å². The number of aryl methyl sites for hydroxylation is 4. The molecule has 23 heavy (non-hydrogen) atoms. The molecular weight excluding hydrogens is 327 g/mol. The van der Waals surface area contributed by atoms with E-state index in [-0.39, 0.29) is 0 Å². The zero-order valence-corrected chi connectivity index (χ0v) is 16.0. The summed E-state index contributed by atoms with van der Waals surface area (Å²) in [5.41, 5.74) is 3.80. The highest BCUT2D eigenvalue weighted by molar-refractivity contribution is 8.55. The molecule has 0 atom stereocenters. The van der Waals surface area contributed by atoms with Gasteiger partial charge < -0.3 is 9.05 Å². The van der Waals surface area contributed by atoms with Gasteiger partial charge in [-0.25, -0.2) is 4.57 Å². The first-order valence-corrected chi connectivity index (χ1v) is 10.8. The first kappa shape index (κ1) is 18.0. The van der Waals surface area contributed by atoms with Crippen molar-refractivity contribution in [3.63, 3.8) is 0 Å². The van der Waals surface area contributed by atoms with E-state index in [0.717, 1.165) is 22.3 Å². The van der Waals surface area contributed by atoms with Crippen molar-refractivity contribution in [2.24, 2.45) is 0 Å². The highest BCUT2D eigenvalue weighted by atomic mass is 32.7. The molecule has 2 aromatic carbocycles. The van der Waals surface area contributed by atoms with Gasteiger partial charge in [0.05, 0.1) is 0 Å². The van der Waals surface area contributed by atoms with E-state index in [1.54, 1.807) is 0 Å². The molecule has 0 unspecified atom stereocenters. The van der Waals surface area contributed by atoms with Crippen molar-refractivity contribution < 1.29 is 13.6 Å². The van der Waals surface area contributed by atoms with Gasteiger partial charge in [0.2, 0.25) is 0 Å². The van der Waals surface area contributed by atoms with Gasteiger partial charge >= 0.3 is 6.80 Å². The minimum Gasteiger partial charge on any atom is -0.408 e. The van der Waals surface area contributed by atoms with Crippen LogP contribution in [-0.2, 0) is 4.57 Å². The summed E-state index contributed by atoms with van der Waals surface area (Å²) < 4.78 is 25.1. The Morgan fingerprint density at radius 1 is 0.826 bits per heavy atom. The SMILES string of the molecule is CCSP(=O)(Oc1c(C)cccc1C)Oc1c(C)cccc1C. The lowest BCUT2D eigenvalue weighted by Gasteiger charge is -2.22. The van der Waals surface area contributed by atoms with Crippen LogP contribution in [0, 0.1) is 27.7 Å². The molecule has 0 bridgehead atoms. The summed E-state index contributed by atoms with van der Waals surface area (Å²) in [7, 11) is 0. The zero-order valence-electron chi connectivity index (χ0n) is 14.3. The summed E-state index contributed by atoms with van der Waals surface area (Å²) in [4.78, 5) is 0. The number of hydrogen-bond donors (Lipinski definition) is 0. The van der Waals surface area contributed by atoms with Gasteiger partial charge in [-0.1, -0.05) is 43.3 Å². The van der Waals surface area contributed by atoms with Gasteiger partial charge in [0, 0.05) is 5.75 Å². The van der Waals surface area contributed by atoms with Gasteiger partial charge in [-0.3, -0.25) is 0 Å². The smallest absolute Gasteiger partial charge is 0.408 e. The second-order valence-corrected chi connectivity index (χ2v) is 9.70. The van der Waals surface area contributed by atoms with Gasteiger partial charge in [0.15, 0.2) is 0 Å². The summed E-state index contributed by atoms with van der Waals surface area (Å²) >= 11 is 1.21. The minimum atomic E-state index is -3.35. The molecule has 0 saturated carbocycles. The average molecular weight is 350 g/mol. The maximum atomic E-state index is 13.3. The van der Waals surface area contributed by atoms with E-state index in [9.17, 15) is 4.57 Å². The van der Waals surface area contributed by atoms with Crippen LogP contribution in [-0.4, -0.2) is 5.75 Å². The molecule has 0 radical (unpaired) electrons. The molecule has 0 saturated heterocycles. The van der Waals surface area contributed by atoms with Crippen LogP contribution in [0.5, 0.6) is 11.5 Å². The van der Waals surface area contributed by atoms with E-state index in [4.69, 9.17) is 9.05 Å². The Bertz CT molecular complexity index is 645. The van der Waals surface area contributed by atoms with Crippen LogP contribution >= 0.6 is 18.2 Å². The molecule has 0 aliphatic heterocycles. The van der Waals surface area contributed by atoms with Gasteiger partial charge in [0.1, 0.15) is 11.5 Å². The van der Waals surface area contributed by atoms with Crippen molar-refractivity contribution >= 4 is 18.2 Å². The Hall–Kier alpha value is -1.38. The lowest BCUT2D eigenvalue weighted by molar-refractivity contribution is 0.403. The molecule has 3 nitrogen and oxygen atoms in total. The average Bonchev–Trinajstić information content (AvgIpc) is 2.48. The fourth-order valence-corrected chi connectivity index (χ4v) is 5.53. The maximum Gasteiger partial charge on any atom is 0.492 e. The lowest BCUT2D eigenvalue weighted by Crippen LogP contribution is -2.03. The highest BCUT2D eigenvalue weighted by Crippen LogP contribution is 2.60. The highest BCUT2D eigenvalue weighted by Gasteiger charge is 2.31. The van der Waals surface area contributed by atoms with E-state index in [0.29, 0.717) is 17.3 Å². The van der Waals surface area contributed by atoms with Crippen molar-refractivity contribution in [3.05, 3.63) is 58.7 Å². The number of benzene rings is 2. The lowest BCUT2D eigenvalue weighted by atomic mass is 10.1. The molecule has 2 rings (SSSR count). The molecule has 2 aromatic rings. The van der Waals surface area contributed by atoms with Gasteiger partial charge in [-0.15, -0.1) is 0 Å².